The predicted molar refractivity (Wildman–Crippen MR) is 77.2 cm³/mol. The maximum Gasteiger partial charge on any atom is 0.162 e. The average Bonchev–Trinajstić information content (AvgIpc) is 3.32. The highest BCUT2D eigenvalue weighted by Crippen LogP contribution is 2.36. The monoisotopic (exact) mass is 270 g/mol. The van der Waals surface area contributed by atoms with Crippen LogP contribution in [0.5, 0.6) is 11.5 Å². The van der Waals surface area contributed by atoms with E-state index in [2.05, 4.69) is 12.1 Å². The maximum atomic E-state index is 6.16. The summed E-state index contributed by atoms with van der Waals surface area (Å²) in [6.45, 7) is 3.34. The molecule has 2 aromatic rings. The second-order valence-corrected chi connectivity index (χ2v) is 4.70. The van der Waals surface area contributed by atoms with Crippen molar-refractivity contribution in [2.75, 3.05) is 13.2 Å². The smallest absolute Gasteiger partial charge is 0.162 e. The quantitative estimate of drug-likeness (QED) is 0.751. The molecule has 1 aliphatic rings. The Morgan fingerprint density at radius 1 is 1.05 bits per heavy atom. The van der Waals surface area contributed by atoms with Crippen molar-refractivity contribution in [2.24, 2.45) is 0 Å². The zero-order valence-corrected chi connectivity index (χ0v) is 11.5. The Hall–Kier alpha value is -2.00. The van der Waals surface area contributed by atoms with Gasteiger partial charge < -0.3 is 14.2 Å². The zero-order valence-electron chi connectivity index (χ0n) is 11.5. The van der Waals surface area contributed by atoms with Gasteiger partial charge in [0.2, 0.25) is 0 Å². The van der Waals surface area contributed by atoms with Crippen molar-refractivity contribution in [3.8, 4) is 11.5 Å². The summed E-state index contributed by atoms with van der Waals surface area (Å²) in [5, 5.41) is 0. The number of hydrogen-bond donors (Lipinski definition) is 0. The van der Waals surface area contributed by atoms with Gasteiger partial charge in [0.05, 0.1) is 13.2 Å². The van der Waals surface area contributed by atoms with E-state index in [0.717, 1.165) is 23.7 Å². The molecule has 0 aliphatic carbocycles. The highest BCUT2D eigenvalue weighted by molar-refractivity contribution is 5.40. The summed E-state index contributed by atoms with van der Waals surface area (Å²) >= 11 is 0. The van der Waals surface area contributed by atoms with Gasteiger partial charge >= 0.3 is 0 Å². The van der Waals surface area contributed by atoms with Gasteiger partial charge in [0.1, 0.15) is 6.10 Å². The lowest BCUT2D eigenvalue weighted by molar-refractivity contribution is 0.154. The van der Waals surface area contributed by atoms with Crippen molar-refractivity contribution in [2.45, 2.75) is 19.1 Å². The lowest BCUT2D eigenvalue weighted by Gasteiger charge is -2.19. The molecule has 3 nitrogen and oxygen atoms in total. The van der Waals surface area contributed by atoms with Crippen LogP contribution in [0.4, 0.5) is 0 Å². The van der Waals surface area contributed by atoms with E-state index in [1.807, 2.05) is 49.4 Å². The van der Waals surface area contributed by atoms with E-state index in [-0.39, 0.29) is 12.2 Å². The number of hydrogen-bond acceptors (Lipinski definition) is 3. The zero-order chi connectivity index (χ0) is 13.8. The van der Waals surface area contributed by atoms with E-state index in [4.69, 9.17) is 14.2 Å². The summed E-state index contributed by atoms with van der Waals surface area (Å²) in [6, 6.07) is 17.9. The third kappa shape index (κ3) is 2.94. The Labute approximate surface area is 119 Å². The summed E-state index contributed by atoms with van der Waals surface area (Å²) in [7, 11) is 0. The number of ether oxygens (including phenoxy) is 3. The molecule has 0 spiro atoms. The number of rotatable bonds is 6. The standard InChI is InChI=1S/C17H18O3/c1-2-18-14-10-6-7-11-15(14)20-17(16-12-19-16)13-8-4-3-5-9-13/h3-11,16-17H,2,12H2,1H3/t16-,17-/m0/s1. The summed E-state index contributed by atoms with van der Waals surface area (Å²) in [5.74, 6) is 1.54. The molecule has 3 rings (SSSR count). The fourth-order valence-electron chi connectivity index (χ4n) is 2.19. The average molecular weight is 270 g/mol. The molecule has 0 N–H and O–H groups in total. The van der Waals surface area contributed by atoms with Gasteiger partial charge in [-0.3, -0.25) is 0 Å². The number of para-hydroxylation sites is 2. The first-order valence-corrected chi connectivity index (χ1v) is 6.93. The third-order valence-electron chi connectivity index (χ3n) is 3.23. The Morgan fingerprint density at radius 3 is 2.35 bits per heavy atom. The van der Waals surface area contributed by atoms with E-state index in [9.17, 15) is 0 Å². The SMILES string of the molecule is CCOc1ccccc1O[C@@H](c1ccccc1)[C@@H]1CO1. The lowest BCUT2D eigenvalue weighted by atomic mass is 10.1. The van der Waals surface area contributed by atoms with Crippen molar-refractivity contribution >= 4 is 0 Å². The van der Waals surface area contributed by atoms with Crippen LogP contribution in [0.1, 0.15) is 18.6 Å². The van der Waals surface area contributed by atoms with Crippen molar-refractivity contribution in [1.29, 1.82) is 0 Å². The van der Waals surface area contributed by atoms with Crippen molar-refractivity contribution in [3.05, 3.63) is 60.2 Å². The molecule has 1 heterocycles. The molecule has 2 aromatic carbocycles. The van der Waals surface area contributed by atoms with Crippen molar-refractivity contribution in [1.82, 2.24) is 0 Å². The van der Waals surface area contributed by atoms with Gasteiger partial charge in [-0.1, -0.05) is 42.5 Å². The van der Waals surface area contributed by atoms with Crippen LogP contribution in [-0.4, -0.2) is 19.3 Å². The van der Waals surface area contributed by atoms with Gasteiger partial charge in [-0.15, -0.1) is 0 Å². The molecular formula is C17H18O3. The first kappa shape index (κ1) is 13.0. The normalized spacial score (nSPS) is 18.4. The molecule has 0 bridgehead atoms. The van der Waals surface area contributed by atoms with Gasteiger partial charge in [-0.2, -0.15) is 0 Å². The first-order chi connectivity index (χ1) is 9.88. The molecule has 1 saturated heterocycles. The minimum Gasteiger partial charge on any atom is -0.490 e. The topological polar surface area (TPSA) is 31.0 Å². The fraction of sp³-hybridized carbons (Fsp3) is 0.294. The lowest BCUT2D eigenvalue weighted by Crippen LogP contribution is -2.14. The Balaban J connectivity index is 1.84. The van der Waals surface area contributed by atoms with Crippen molar-refractivity contribution in [3.63, 3.8) is 0 Å². The molecule has 2 atom stereocenters. The summed E-state index contributed by atoms with van der Waals surface area (Å²) in [6.07, 6.45) is 0.0462. The van der Waals surface area contributed by atoms with Crippen LogP contribution in [0.25, 0.3) is 0 Å². The Bertz CT molecular complexity index is 549. The van der Waals surface area contributed by atoms with Crippen LogP contribution < -0.4 is 9.47 Å². The van der Waals surface area contributed by atoms with Crippen LogP contribution in [0, 0.1) is 0 Å². The van der Waals surface area contributed by atoms with E-state index in [1.54, 1.807) is 0 Å². The number of benzene rings is 2. The van der Waals surface area contributed by atoms with Crippen molar-refractivity contribution < 1.29 is 14.2 Å². The van der Waals surface area contributed by atoms with E-state index >= 15 is 0 Å². The summed E-state index contributed by atoms with van der Waals surface area (Å²) in [5.41, 5.74) is 1.13. The van der Waals surface area contributed by atoms with E-state index in [1.165, 1.54) is 0 Å². The molecule has 0 aromatic heterocycles. The molecule has 0 amide bonds. The minimum atomic E-state index is -0.0854. The van der Waals surface area contributed by atoms with Gasteiger partial charge in [-0.05, 0) is 24.6 Å². The summed E-state index contributed by atoms with van der Waals surface area (Å²) in [4.78, 5) is 0. The van der Waals surface area contributed by atoms with Gasteiger partial charge in [0.15, 0.2) is 17.6 Å². The molecule has 1 fully saturated rings. The maximum absolute atomic E-state index is 6.16. The van der Waals surface area contributed by atoms with E-state index in [0.29, 0.717) is 6.61 Å². The number of epoxide rings is 1. The molecule has 20 heavy (non-hydrogen) atoms. The van der Waals surface area contributed by atoms with E-state index < -0.39 is 0 Å². The molecule has 0 unspecified atom stereocenters. The molecule has 1 aliphatic heterocycles. The first-order valence-electron chi connectivity index (χ1n) is 6.93. The summed E-state index contributed by atoms with van der Waals surface area (Å²) < 4.78 is 17.2. The van der Waals surface area contributed by atoms with Crippen LogP contribution in [0.15, 0.2) is 54.6 Å². The second-order valence-electron chi connectivity index (χ2n) is 4.70. The van der Waals surface area contributed by atoms with Gasteiger partial charge in [0.25, 0.3) is 0 Å². The Morgan fingerprint density at radius 2 is 1.70 bits per heavy atom. The second kappa shape index (κ2) is 5.97. The van der Waals surface area contributed by atoms with Crippen LogP contribution in [0.2, 0.25) is 0 Å². The highest BCUT2D eigenvalue weighted by atomic mass is 16.6. The molecule has 3 heteroatoms. The van der Waals surface area contributed by atoms with Crippen LogP contribution in [-0.2, 0) is 4.74 Å². The molecular weight excluding hydrogens is 252 g/mol. The predicted octanol–water partition coefficient (Wildman–Crippen LogP) is 3.60. The van der Waals surface area contributed by atoms with Crippen LogP contribution >= 0.6 is 0 Å². The Kier molecular flexibility index (Phi) is 3.88. The molecule has 104 valence electrons. The minimum absolute atomic E-state index is 0.0854. The van der Waals surface area contributed by atoms with Gasteiger partial charge in [-0.25, -0.2) is 0 Å². The van der Waals surface area contributed by atoms with Gasteiger partial charge in [0, 0.05) is 0 Å². The fourth-order valence-corrected chi connectivity index (χ4v) is 2.19. The molecule has 0 saturated carbocycles. The largest absolute Gasteiger partial charge is 0.490 e. The van der Waals surface area contributed by atoms with Crippen LogP contribution in [0.3, 0.4) is 0 Å². The third-order valence-corrected chi connectivity index (χ3v) is 3.23. The highest BCUT2D eigenvalue weighted by Gasteiger charge is 2.36. The molecule has 0 radical (unpaired) electrons.